The van der Waals surface area contributed by atoms with E-state index < -0.39 is 18.2 Å². The van der Waals surface area contributed by atoms with Gasteiger partial charge in [-0.3, -0.25) is 0 Å². The van der Waals surface area contributed by atoms with Gasteiger partial charge in [-0.25, -0.2) is 0 Å². The third-order valence-corrected chi connectivity index (χ3v) is 2.09. The van der Waals surface area contributed by atoms with Crippen LogP contribution in [0.3, 0.4) is 0 Å². The van der Waals surface area contributed by atoms with Crippen molar-refractivity contribution in [3.8, 4) is 0 Å². The van der Waals surface area contributed by atoms with Crippen molar-refractivity contribution in [2.45, 2.75) is 31.5 Å². The molecule has 0 aromatic rings. The molecule has 1 nitrogen and oxygen atoms in total. The summed E-state index contributed by atoms with van der Waals surface area (Å²) in [6.07, 6.45) is -1.67. The summed E-state index contributed by atoms with van der Waals surface area (Å²) in [5, 5.41) is 8.85. The Labute approximate surface area is 68.9 Å². The second-order valence-electron chi connectivity index (χ2n) is 3.03. The topological polar surface area (TPSA) is 20.2 Å². The lowest BCUT2D eigenvalue weighted by Gasteiger charge is -2.25. The Morgan fingerprint density at radius 1 is 1.33 bits per heavy atom. The van der Waals surface area contributed by atoms with Crippen LogP contribution in [0.15, 0.2) is 12.2 Å². The van der Waals surface area contributed by atoms with Gasteiger partial charge in [-0.15, -0.1) is 0 Å². The highest BCUT2D eigenvalue weighted by atomic mass is 19.4. The zero-order chi connectivity index (χ0) is 9.19. The maximum Gasteiger partial charge on any atom is 0.414 e. The molecule has 1 aliphatic rings. The smallest absolute Gasteiger partial charge is 0.383 e. The Balaban J connectivity index is 2.52. The lowest BCUT2D eigenvalue weighted by Crippen LogP contribution is -2.36. The Morgan fingerprint density at radius 2 is 2.00 bits per heavy atom. The molecule has 0 heterocycles. The number of alkyl halides is 3. The van der Waals surface area contributed by atoms with E-state index in [2.05, 4.69) is 0 Å². The van der Waals surface area contributed by atoms with Crippen molar-refractivity contribution in [2.75, 3.05) is 0 Å². The van der Waals surface area contributed by atoms with Crippen LogP contribution in [0, 0.1) is 5.92 Å². The van der Waals surface area contributed by atoms with E-state index >= 15 is 0 Å². The van der Waals surface area contributed by atoms with Gasteiger partial charge in [0.1, 0.15) is 0 Å². The van der Waals surface area contributed by atoms with Gasteiger partial charge in [0, 0.05) is 0 Å². The quantitative estimate of drug-likeness (QED) is 0.613. The number of aliphatic hydroxyl groups is 1. The van der Waals surface area contributed by atoms with Gasteiger partial charge in [0.05, 0.1) is 0 Å². The molecule has 12 heavy (non-hydrogen) atoms. The van der Waals surface area contributed by atoms with E-state index in [9.17, 15) is 13.2 Å². The molecule has 0 aromatic carbocycles. The summed E-state index contributed by atoms with van der Waals surface area (Å²) in [5.74, 6) is -0.644. The average molecular weight is 180 g/mol. The predicted molar refractivity (Wildman–Crippen MR) is 38.5 cm³/mol. The van der Waals surface area contributed by atoms with Crippen LogP contribution in [0.5, 0.6) is 0 Å². The summed E-state index contributed by atoms with van der Waals surface area (Å²) in [5.41, 5.74) is 0. The van der Waals surface area contributed by atoms with Crippen LogP contribution in [-0.2, 0) is 0 Å². The highest BCUT2D eigenvalue weighted by Gasteiger charge is 2.42. The molecule has 0 bridgehead atoms. The molecule has 1 rings (SSSR count). The average Bonchev–Trinajstić information content (AvgIpc) is 2.03. The zero-order valence-corrected chi connectivity index (χ0v) is 6.51. The summed E-state index contributed by atoms with van der Waals surface area (Å²) in [6.45, 7) is 0. The first-order valence-corrected chi connectivity index (χ1v) is 3.91. The molecule has 0 aromatic heterocycles. The minimum Gasteiger partial charge on any atom is -0.383 e. The monoisotopic (exact) mass is 180 g/mol. The minimum absolute atomic E-state index is 0.334. The van der Waals surface area contributed by atoms with E-state index in [1.54, 1.807) is 6.08 Å². The lowest BCUT2D eigenvalue weighted by molar-refractivity contribution is -0.219. The molecule has 0 saturated heterocycles. The molecule has 0 fully saturated rings. The van der Waals surface area contributed by atoms with Crippen molar-refractivity contribution in [3.63, 3.8) is 0 Å². The summed E-state index contributed by atoms with van der Waals surface area (Å²) < 4.78 is 35.9. The van der Waals surface area contributed by atoms with Crippen molar-refractivity contribution >= 4 is 0 Å². The SMILES string of the molecule is O[C@H](C1CC=CCC1)C(F)(F)F. The fourth-order valence-corrected chi connectivity index (χ4v) is 1.37. The standard InChI is InChI=1S/C8H11F3O/c9-8(10,11)7(12)6-4-2-1-3-5-6/h1-2,6-7,12H,3-5H2/t6?,7-/m1/s1. The van der Waals surface area contributed by atoms with Gasteiger partial charge < -0.3 is 5.11 Å². The molecule has 1 unspecified atom stereocenters. The Bertz CT molecular complexity index is 174. The molecule has 0 radical (unpaired) electrons. The Morgan fingerprint density at radius 3 is 2.42 bits per heavy atom. The number of rotatable bonds is 1. The second-order valence-corrected chi connectivity index (χ2v) is 3.03. The fraction of sp³-hybridized carbons (Fsp3) is 0.750. The summed E-state index contributed by atoms with van der Waals surface area (Å²) in [7, 11) is 0. The highest BCUT2D eigenvalue weighted by Crippen LogP contribution is 2.31. The number of aliphatic hydroxyl groups excluding tert-OH is 1. The maximum absolute atomic E-state index is 12.0. The molecule has 2 atom stereocenters. The van der Waals surface area contributed by atoms with Crippen molar-refractivity contribution in [3.05, 3.63) is 12.2 Å². The fourth-order valence-electron chi connectivity index (χ4n) is 1.37. The van der Waals surface area contributed by atoms with Crippen LogP contribution in [-0.4, -0.2) is 17.4 Å². The molecule has 0 spiro atoms. The number of hydrogen-bond donors (Lipinski definition) is 1. The van der Waals surface area contributed by atoms with Crippen LogP contribution in [0.1, 0.15) is 19.3 Å². The van der Waals surface area contributed by atoms with Crippen molar-refractivity contribution in [1.29, 1.82) is 0 Å². The molecule has 4 heteroatoms. The molecule has 70 valence electrons. The predicted octanol–water partition coefficient (Wildman–Crippen LogP) is 2.27. The second kappa shape index (κ2) is 3.47. The molecule has 0 aliphatic heterocycles. The normalized spacial score (nSPS) is 27.2. The number of allylic oxidation sites excluding steroid dienone is 2. The highest BCUT2D eigenvalue weighted by molar-refractivity contribution is 4.93. The van der Waals surface area contributed by atoms with E-state index in [0.717, 1.165) is 0 Å². The van der Waals surface area contributed by atoms with E-state index in [1.807, 2.05) is 6.08 Å². The van der Waals surface area contributed by atoms with Gasteiger partial charge in [0.25, 0.3) is 0 Å². The van der Waals surface area contributed by atoms with Gasteiger partial charge in [-0.2, -0.15) is 13.2 Å². The van der Waals surface area contributed by atoms with Gasteiger partial charge in [-0.1, -0.05) is 12.2 Å². The van der Waals surface area contributed by atoms with Gasteiger partial charge >= 0.3 is 6.18 Å². The van der Waals surface area contributed by atoms with Gasteiger partial charge in [0.2, 0.25) is 0 Å². The minimum atomic E-state index is -4.46. The molecular formula is C8H11F3O. The molecule has 0 saturated carbocycles. The van der Waals surface area contributed by atoms with Gasteiger partial charge in [0.15, 0.2) is 6.10 Å². The lowest BCUT2D eigenvalue weighted by atomic mass is 9.89. The van der Waals surface area contributed by atoms with Crippen LogP contribution >= 0.6 is 0 Å². The van der Waals surface area contributed by atoms with Crippen molar-refractivity contribution < 1.29 is 18.3 Å². The molecular weight excluding hydrogens is 169 g/mol. The third-order valence-electron chi connectivity index (χ3n) is 2.09. The van der Waals surface area contributed by atoms with E-state index in [-0.39, 0.29) is 0 Å². The van der Waals surface area contributed by atoms with E-state index in [0.29, 0.717) is 19.3 Å². The first-order chi connectivity index (χ1) is 5.52. The molecule has 0 amide bonds. The summed E-state index contributed by atoms with van der Waals surface area (Å²) in [4.78, 5) is 0. The summed E-state index contributed by atoms with van der Waals surface area (Å²) >= 11 is 0. The Kier molecular flexibility index (Phi) is 2.77. The number of halogens is 3. The van der Waals surface area contributed by atoms with Gasteiger partial charge in [-0.05, 0) is 25.2 Å². The number of hydrogen-bond acceptors (Lipinski definition) is 1. The largest absolute Gasteiger partial charge is 0.414 e. The molecule has 1 aliphatic carbocycles. The maximum atomic E-state index is 12.0. The first-order valence-electron chi connectivity index (χ1n) is 3.91. The van der Waals surface area contributed by atoms with Crippen LogP contribution in [0.2, 0.25) is 0 Å². The summed E-state index contributed by atoms with van der Waals surface area (Å²) in [6, 6.07) is 0. The zero-order valence-electron chi connectivity index (χ0n) is 6.51. The third kappa shape index (κ3) is 2.24. The van der Waals surface area contributed by atoms with Crippen LogP contribution in [0.25, 0.3) is 0 Å². The van der Waals surface area contributed by atoms with Crippen LogP contribution < -0.4 is 0 Å². The molecule has 1 N–H and O–H groups in total. The van der Waals surface area contributed by atoms with Crippen molar-refractivity contribution in [2.24, 2.45) is 5.92 Å². The first kappa shape index (κ1) is 9.58. The van der Waals surface area contributed by atoms with E-state index in [4.69, 9.17) is 5.11 Å². The van der Waals surface area contributed by atoms with E-state index in [1.165, 1.54) is 0 Å². The van der Waals surface area contributed by atoms with Crippen LogP contribution in [0.4, 0.5) is 13.2 Å². The Hall–Kier alpha value is -0.510. The van der Waals surface area contributed by atoms with Crippen molar-refractivity contribution in [1.82, 2.24) is 0 Å².